The number of rotatable bonds is 6. The Balaban J connectivity index is 1.61. The average Bonchev–Trinajstić information content (AvgIpc) is 2.95. The summed E-state index contributed by atoms with van der Waals surface area (Å²) in [6.45, 7) is -0.320. The molecule has 2 heterocycles. The predicted octanol–water partition coefficient (Wildman–Crippen LogP) is 3.42. The zero-order valence-corrected chi connectivity index (χ0v) is 13.2. The molecular formula is C17H22F2N2O2. The molecule has 3 rings (SSSR count). The molecule has 1 fully saturated rings. The van der Waals surface area contributed by atoms with E-state index in [-0.39, 0.29) is 6.10 Å². The first-order chi connectivity index (χ1) is 11.2. The lowest BCUT2D eigenvalue weighted by atomic mass is 10.1. The number of likely N-dealkylation sites (tertiary alicyclic amines) is 1. The Morgan fingerprint density at radius 3 is 3.04 bits per heavy atom. The van der Waals surface area contributed by atoms with Crippen LogP contribution in [0.4, 0.5) is 8.78 Å². The molecule has 0 bridgehead atoms. The molecule has 0 radical (unpaired) electrons. The van der Waals surface area contributed by atoms with Gasteiger partial charge in [-0.3, -0.25) is 0 Å². The number of aromatic amines is 1. The third kappa shape index (κ3) is 4.00. The summed E-state index contributed by atoms with van der Waals surface area (Å²) in [7, 11) is 1.66. The van der Waals surface area contributed by atoms with E-state index >= 15 is 0 Å². The molecule has 23 heavy (non-hydrogen) atoms. The van der Waals surface area contributed by atoms with Crippen molar-refractivity contribution in [1.82, 2.24) is 9.88 Å². The van der Waals surface area contributed by atoms with Gasteiger partial charge in [0.05, 0.1) is 13.2 Å². The monoisotopic (exact) mass is 324 g/mol. The summed E-state index contributed by atoms with van der Waals surface area (Å²) in [5.74, 6) is 0.835. The molecular weight excluding hydrogens is 302 g/mol. The van der Waals surface area contributed by atoms with Crippen LogP contribution in [0.25, 0.3) is 10.9 Å². The lowest BCUT2D eigenvalue weighted by molar-refractivity contribution is -0.174. The summed E-state index contributed by atoms with van der Waals surface area (Å²) >= 11 is 0. The van der Waals surface area contributed by atoms with Crippen molar-refractivity contribution in [3.05, 3.63) is 30.0 Å². The Morgan fingerprint density at radius 1 is 1.39 bits per heavy atom. The number of hydrogen-bond donors (Lipinski definition) is 1. The molecule has 0 unspecified atom stereocenters. The fourth-order valence-electron chi connectivity index (χ4n) is 3.24. The van der Waals surface area contributed by atoms with Gasteiger partial charge in [0.25, 0.3) is 0 Å². The number of H-pyrrole nitrogens is 1. The maximum atomic E-state index is 12.3. The number of piperidine rings is 1. The fraction of sp³-hybridized carbons (Fsp3) is 0.529. The second-order valence-corrected chi connectivity index (χ2v) is 5.94. The van der Waals surface area contributed by atoms with Gasteiger partial charge >= 0.3 is 6.61 Å². The van der Waals surface area contributed by atoms with Gasteiger partial charge in [0.2, 0.25) is 0 Å². The molecule has 1 aliphatic heterocycles. The van der Waals surface area contributed by atoms with E-state index in [9.17, 15) is 8.78 Å². The zero-order chi connectivity index (χ0) is 16.2. The Morgan fingerprint density at radius 2 is 2.26 bits per heavy atom. The van der Waals surface area contributed by atoms with E-state index in [1.807, 2.05) is 24.4 Å². The minimum atomic E-state index is -2.68. The highest BCUT2D eigenvalue weighted by atomic mass is 19.3. The van der Waals surface area contributed by atoms with Crippen LogP contribution < -0.4 is 4.74 Å². The molecule has 1 aliphatic rings. The van der Waals surface area contributed by atoms with Crippen LogP contribution in [0.2, 0.25) is 0 Å². The maximum Gasteiger partial charge on any atom is 0.345 e. The smallest absolute Gasteiger partial charge is 0.345 e. The van der Waals surface area contributed by atoms with Crippen LogP contribution in [0, 0.1) is 0 Å². The van der Waals surface area contributed by atoms with E-state index in [0.717, 1.165) is 42.6 Å². The number of aromatic nitrogens is 1. The highest BCUT2D eigenvalue weighted by molar-refractivity contribution is 5.84. The predicted molar refractivity (Wildman–Crippen MR) is 85.1 cm³/mol. The molecule has 1 aromatic carbocycles. The van der Waals surface area contributed by atoms with Crippen molar-refractivity contribution >= 4 is 10.9 Å². The number of nitrogens with one attached hydrogen (secondary N) is 1. The molecule has 4 nitrogen and oxygen atoms in total. The summed E-state index contributed by atoms with van der Waals surface area (Å²) < 4.78 is 34.6. The summed E-state index contributed by atoms with van der Waals surface area (Å²) in [6, 6.07) is 5.96. The van der Waals surface area contributed by atoms with E-state index in [1.165, 1.54) is 5.56 Å². The van der Waals surface area contributed by atoms with Gasteiger partial charge in [0, 0.05) is 30.2 Å². The van der Waals surface area contributed by atoms with Crippen LogP contribution in [0.15, 0.2) is 24.4 Å². The van der Waals surface area contributed by atoms with Crippen LogP contribution in [-0.4, -0.2) is 49.3 Å². The first kappa shape index (κ1) is 16.2. The number of benzene rings is 1. The Kier molecular flexibility index (Phi) is 5.13. The number of halogens is 2. The largest absolute Gasteiger partial charge is 0.497 e. The third-order valence-corrected chi connectivity index (χ3v) is 4.43. The van der Waals surface area contributed by atoms with E-state index in [4.69, 9.17) is 4.74 Å². The summed E-state index contributed by atoms with van der Waals surface area (Å²) in [4.78, 5) is 5.47. The summed E-state index contributed by atoms with van der Waals surface area (Å²) in [5.41, 5.74) is 2.30. The minimum Gasteiger partial charge on any atom is -0.497 e. The fourth-order valence-corrected chi connectivity index (χ4v) is 3.24. The Labute approximate surface area is 134 Å². The van der Waals surface area contributed by atoms with E-state index in [0.29, 0.717) is 13.0 Å². The number of fused-ring (bicyclic) bond motifs is 1. The SMILES string of the molecule is COc1ccc2[nH]cc(CCN3CCC[C@@H](OC(F)F)C3)c2c1. The lowest BCUT2D eigenvalue weighted by Gasteiger charge is -2.32. The second kappa shape index (κ2) is 7.27. The number of methoxy groups -OCH3 is 1. The van der Waals surface area contributed by atoms with Crippen molar-refractivity contribution in [3.8, 4) is 5.75 Å². The van der Waals surface area contributed by atoms with Gasteiger partial charge in [-0.25, -0.2) is 0 Å². The van der Waals surface area contributed by atoms with Gasteiger partial charge in [-0.2, -0.15) is 8.78 Å². The van der Waals surface area contributed by atoms with Crippen molar-refractivity contribution < 1.29 is 18.3 Å². The molecule has 1 aromatic heterocycles. The first-order valence-corrected chi connectivity index (χ1v) is 7.95. The molecule has 2 aromatic rings. The average molecular weight is 324 g/mol. The second-order valence-electron chi connectivity index (χ2n) is 5.94. The number of ether oxygens (including phenoxy) is 2. The standard InChI is InChI=1S/C17H22F2N2O2/c1-22-13-4-5-16-15(9-13)12(10-20-16)6-8-21-7-2-3-14(11-21)23-17(18)19/h4-5,9-10,14,17,20H,2-3,6-8,11H2,1H3/t14-/m1/s1. The molecule has 1 N–H and O–H groups in total. The minimum absolute atomic E-state index is 0.355. The molecule has 0 aliphatic carbocycles. The highest BCUT2D eigenvalue weighted by Crippen LogP contribution is 2.24. The third-order valence-electron chi connectivity index (χ3n) is 4.43. The van der Waals surface area contributed by atoms with Crippen molar-refractivity contribution in [2.75, 3.05) is 26.7 Å². The lowest BCUT2D eigenvalue weighted by Crippen LogP contribution is -2.41. The molecule has 1 atom stereocenters. The highest BCUT2D eigenvalue weighted by Gasteiger charge is 2.23. The molecule has 0 saturated carbocycles. The molecule has 0 spiro atoms. The molecule has 126 valence electrons. The van der Waals surface area contributed by atoms with Crippen molar-refractivity contribution in [3.63, 3.8) is 0 Å². The van der Waals surface area contributed by atoms with Crippen molar-refractivity contribution in [2.24, 2.45) is 0 Å². The van der Waals surface area contributed by atoms with Crippen molar-refractivity contribution in [1.29, 1.82) is 0 Å². The normalized spacial score (nSPS) is 19.6. The van der Waals surface area contributed by atoms with Crippen LogP contribution in [0.1, 0.15) is 18.4 Å². The van der Waals surface area contributed by atoms with Crippen LogP contribution >= 0.6 is 0 Å². The quantitative estimate of drug-likeness (QED) is 0.885. The zero-order valence-electron chi connectivity index (χ0n) is 13.2. The van der Waals surface area contributed by atoms with Gasteiger partial charge < -0.3 is 19.4 Å². The number of nitrogens with zero attached hydrogens (tertiary/aromatic N) is 1. The first-order valence-electron chi connectivity index (χ1n) is 7.95. The molecule has 6 heteroatoms. The van der Waals surface area contributed by atoms with Gasteiger partial charge in [-0.05, 0) is 49.6 Å². The van der Waals surface area contributed by atoms with Crippen LogP contribution in [-0.2, 0) is 11.2 Å². The Hall–Kier alpha value is -1.66. The number of alkyl halides is 2. The molecule has 0 amide bonds. The van der Waals surface area contributed by atoms with Gasteiger partial charge in [-0.1, -0.05) is 0 Å². The van der Waals surface area contributed by atoms with E-state index in [2.05, 4.69) is 14.6 Å². The van der Waals surface area contributed by atoms with Crippen molar-refractivity contribution in [2.45, 2.75) is 32.0 Å². The van der Waals surface area contributed by atoms with Gasteiger partial charge in [0.1, 0.15) is 5.75 Å². The Bertz CT molecular complexity index is 645. The maximum absolute atomic E-state index is 12.3. The number of hydrogen-bond acceptors (Lipinski definition) is 3. The summed E-state index contributed by atoms with van der Waals surface area (Å²) in [6.07, 6.45) is 4.15. The van der Waals surface area contributed by atoms with Gasteiger partial charge in [-0.15, -0.1) is 0 Å². The van der Waals surface area contributed by atoms with Gasteiger partial charge in [0.15, 0.2) is 0 Å². The molecule has 1 saturated heterocycles. The topological polar surface area (TPSA) is 37.5 Å². The van der Waals surface area contributed by atoms with E-state index in [1.54, 1.807) is 7.11 Å². The van der Waals surface area contributed by atoms with Crippen LogP contribution in [0.5, 0.6) is 5.75 Å². The van der Waals surface area contributed by atoms with Crippen LogP contribution in [0.3, 0.4) is 0 Å². The summed E-state index contributed by atoms with van der Waals surface area (Å²) in [5, 5.41) is 1.15. The van der Waals surface area contributed by atoms with E-state index < -0.39 is 6.61 Å².